The number of hydrogen-bond acceptors (Lipinski definition) is 6. The van der Waals surface area contributed by atoms with Crippen molar-refractivity contribution in [1.82, 2.24) is 9.97 Å². The molecule has 3 aromatic rings. The van der Waals surface area contributed by atoms with E-state index in [2.05, 4.69) is 9.97 Å². The minimum atomic E-state index is -1.02. The van der Waals surface area contributed by atoms with Crippen LogP contribution in [0.4, 0.5) is 5.69 Å². The molecule has 0 fully saturated rings. The number of aromatic hydroxyl groups is 1. The lowest BCUT2D eigenvalue weighted by atomic mass is 10.2. The largest absolute Gasteiger partial charge is 0.488 e. The zero-order valence-electron chi connectivity index (χ0n) is 13.3. The van der Waals surface area contributed by atoms with Gasteiger partial charge in [-0.1, -0.05) is 36.4 Å². The molecule has 130 valence electrons. The van der Waals surface area contributed by atoms with Gasteiger partial charge < -0.3 is 14.8 Å². The highest BCUT2D eigenvalue weighted by molar-refractivity contribution is 5.67. The third-order valence-corrected chi connectivity index (χ3v) is 3.35. The second-order valence-electron chi connectivity index (χ2n) is 5.20. The zero-order chi connectivity index (χ0) is 18.5. The van der Waals surface area contributed by atoms with Gasteiger partial charge in [0.2, 0.25) is 0 Å². The Morgan fingerprint density at radius 2 is 1.81 bits per heavy atom. The van der Waals surface area contributed by atoms with Crippen molar-refractivity contribution >= 4 is 17.8 Å². The zero-order valence-corrected chi connectivity index (χ0v) is 13.3. The number of aromatic nitrogens is 2. The molecule has 0 spiro atoms. The highest BCUT2D eigenvalue weighted by Crippen LogP contribution is 2.23. The number of ether oxygens (including phenoxy) is 1. The second kappa shape index (κ2) is 7.31. The summed E-state index contributed by atoms with van der Waals surface area (Å²) in [6, 6.07) is 16.4. The van der Waals surface area contributed by atoms with Crippen LogP contribution in [0.25, 0.3) is 12.2 Å². The van der Waals surface area contributed by atoms with Gasteiger partial charge in [0.05, 0.1) is 4.92 Å². The summed E-state index contributed by atoms with van der Waals surface area (Å²) in [6.07, 6.45) is 3.05. The van der Waals surface area contributed by atoms with Gasteiger partial charge >= 0.3 is 11.2 Å². The highest BCUT2D eigenvalue weighted by Gasteiger charge is 2.21. The Bertz CT molecular complexity index is 1030. The summed E-state index contributed by atoms with van der Waals surface area (Å²) in [5.41, 5.74) is -1.26. The summed E-state index contributed by atoms with van der Waals surface area (Å²) < 4.78 is 5.73. The molecule has 0 unspecified atom stereocenters. The Morgan fingerprint density at radius 1 is 1.08 bits per heavy atom. The van der Waals surface area contributed by atoms with E-state index in [1.165, 1.54) is 6.08 Å². The Hall–Kier alpha value is -3.94. The van der Waals surface area contributed by atoms with E-state index < -0.39 is 22.0 Å². The highest BCUT2D eigenvalue weighted by atomic mass is 16.6. The van der Waals surface area contributed by atoms with E-state index in [0.717, 1.165) is 5.56 Å². The summed E-state index contributed by atoms with van der Waals surface area (Å²) in [4.78, 5) is 27.1. The maximum atomic E-state index is 11.6. The van der Waals surface area contributed by atoms with Gasteiger partial charge in [-0.3, -0.25) is 14.9 Å². The number of benzene rings is 2. The molecular formula is C18H13N3O5. The van der Waals surface area contributed by atoms with Gasteiger partial charge in [-0.2, -0.15) is 4.98 Å². The van der Waals surface area contributed by atoms with Gasteiger partial charge in [0, 0.05) is 0 Å². The van der Waals surface area contributed by atoms with Crippen molar-refractivity contribution in [2.45, 2.75) is 0 Å². The smallest absolute Gasteiger partial charge is 0.395 e. The first-order valence-electron chi connectivity index (χ1n) is 7.51. The van der Waals surface area contributed by atoms with E-state index in [-0.39, 0.29) is 5.82 Å². The first-order chi connectivity index (χ1) is 12.5. The van der Waals surface area contributed by atoms with Crippen LogP contribution >= 0.6 is 0 Å². The lowest BCUT2D eigenvalue weighted by molar-refractivity contribution is -0.387. The van der Waals surface area contributed by atoms with Crippen LogP contribution in [0.3, 0.4) is 0 Å². The molecular weight excluding hydrogens is 338 g/mol. The third kappa shape index (κ3) is 3.93. The number of nitro groups is 1. The molecule has 0 aliphatic rings. The fourth-order valence-electron chi connectivity index (χ4n) is 2.20. The molecule has 1 heterocycles. The van der Waals surface area contributed by atoms with Crippen molar-refractivity contribution in [3.05, 3.63) is 86.5 Å². The molecule has 0 aliphatic heterocycles. The topological polar surface area (TPSA) is 118 Å². The Labute approximate surface area is 147 Å². The van der Waals surface area contributed by atoms with Gasteiger partial charge in [-0.05, 0) is 35.9 Å². The SMILES string of the molecule is O=c1[nH]c(/C=C\c2cccc(Oc3ccccc3)c2)nc(O)c1[N+](=O)[O-]. The fraction of sp³-hybridized carbons (Fsp3) is 0. The molecule has 3 rings (SSSR count). The van der Waals surface area contributed by atoms with Gasteiger partial charge in [-0.25, -0.2) is 0 Å². The molecule has 8 heteroatoms. The van der Waals surface area contributed by atoms with Gasteiger partial charge in [0.1, 0.15) is 17.3 Å². The predicted molar refractivity (Wildman–Crippen MR) is 95.1 cm³/mol. The standard InChI is InChI=1S/C18H13N3O5/c22-17-16(21(24)25)18(23)20-15(19-17)10-9-12-5-4-8-14(11-12)26-13-6-2-1-3-7-13/h1-11H,(H2,19,20,22,23)/b10-9-. The van der Waals surface area contributed by atoms with E-state index in [9.17, 15) is 20.0 Å². The van der Waals surface area contributed by atoms with E-state index in [4.69, 9.17) is 4.74 Å². The molecule has 0 saturated carbocycles. The molecule has 0 bridgehead atoms. The number of H-pyrrole nitrogens is 1. The summed E-state index contributed by atoms with van der Waals surface area (Å²) in [7, 11) is 0. The van der Waals surface area contributed by atoms with E-state index >= 15 is 0 Å². The van der Waals surface area contributed by atoms with E-state index in [0.29, 0.717) is 11.5 Å². The Morgan fingerprint density at radius 3 is 2.50 bits per heavy atom. The first kappa shape index (κ1) is 16.9. The average Bonchev–Trinajstić information content (AvgIpc) is 2.60. The van der Waals surface area contributed by atoms with Gasteiger partial charge in [-0.15, -0.1) is 0 Å². The molecule has 2 N–H and O–H groups in total. The lowest BCUT2D eigenvalue weighted by Crippen LogP contribution is -2.14. The van der Waals surface area contributed by atoms with Crippen LogP contribution in [0.5, 0.6) is 17.4 Å². The maximum absolute atomic E-state index is 11.6. The molecule has 8 nitrogen and oxygen atoms in total. The van der Waals surface area contributed by atoms with Crippen molar-refractivity contribution in [1.29, 1.82) is 0 Å². The summed E-state index contributed by atoms with van der Waals surface area (Å²) >= 11 is 0. The van der Waals surface area contributed by atoms with Crippen LogP contribution in [0.15, 0.2) is 59.4 Å². The van der Waals surface area contributed by atoms with Crippen LogP contribution in [-0.4, -0.2) is 20.0 Å². The van der Waals surface area contributed by atoms with Crippen LogP contribution in [-0.2, 0) is 0 Å². The number of nitrogens with one attached hydrogen (secondary N) is 1. The number of aromatic amines is 1. The van der Waals surface area contributed by atoms with Crippen molar-refractivity contribution in [3.63, 3.8) is 0 Å². The van der Waals surface area contributed by atoms with Gasteiger partial charge in [0.25, 0.3) is 5.88 Å². The minimum Gasteiger partial charge on any atom is -0.488 e. The van der Waals surface area contributed by atoms with Crippen molar-refractivity contribution in [2.24, 2.45) is 0 Å². The Kier molecular flexibility index (Phi) is 4.75. The molecule has 26 heavy (non-hydrogen) atoms. The number of nitrogens with zero attached hydrogens (tertiary/aromatic N) is 2. The predicted octanol–water partition coefficient (Wildman–Crippen LogP) is 3.35. The maximum Gasteiger partial charge on any atom is 0.395 e. The third-order valence-electron chi connectivity index (χ3n) is 3.35. The van der Waals surface area contributed by atoms with Crippen LogP contribution in [0.1, 0.15) is 11.4 Å². The average molecular weight is 351 g/mol. The van der Waals surface area contributed by atoms with Crippen molar-refractivity contribution in [2.75, 3.05) is 0 Å². The van der Waals surface area contributed by atoms with Crippen LogP contribution in [0, 0.1) is 10.1 Å². The first-order valence-corrected chi connectivity index (χ1v) is 7.51. The van der Waals surface area contributed by atoms with E-state index in [1.807, 2.05) is 30.3 Å². The second-order valence-corrected chi connectivity index (χ2v) is 5.20. The fourth-order valence-corrected chi connectivity index (χ4v) is 2.20. The molecule has 2 aromatic carbocycles. The van der Waals surface area contributed by atoms with E-state index in [1.54, 1.807) is 30.3 Å². The molecule has 0 aliphatic carbocycles. The summed E-state index contributed by atoms with van der Waals surface area (Å²) in [5, 5.41) is 20.2. The molecule has 0 radical (unpaired) electrons. The van der Waals surface area contributed by atoms with Crippen LogP contribution in [0.2, 0.25) is 0 Å². The number of para-hydroxylation sites is 1. The van der Waals surface area contributed by atoms with Gasteiger partial charge in [0.15, 0.2) is 0 Å². The number of rotatable bonds is 5. The Balaban J connectivity index is 1.82. The quantitative estimate of drug-likeness (QED) is 0.537. The lowest BCUT2D eigenvalue weighted by Gasteiger charge is -2.05. The van der Waals surface area contributed by atoms with Crippen molar-refractivity contribution in [3.8, 4) is 17.4 Å². The van der Waals surface area contributed by atoms with Crippen LogP contribution < -0.4 is 10.3 Å². The summed E-state index contributed by atoms with van der Waals surface area (Å²) in [6.45, 7) is 0. The monoisotopic (exact) mass is 351 g/mol. The molecule has 1 aromatic heterocycles. The minimum absolute atomic E-state index is 0.00696. The molecule has 0 saturated heterocycles. The molecule has 0 amide bonds. The summed E-state index contributed by atoms with van der Waals surface area (Å²) in [5.74, 6) is 0.373. The normalized spacial score (nSPS) is 10.8. The number of hydrogen-bond donors (Lipinski definition) is 2. The van der Waals surface area contributed by atoms with Crippen molar-refractivity contribution < 1.29 is 14.8 Å². The molecule has 0 atom stereocenters.